The second-order valence-electron chi connectivity index (χ2n) is 31.7. The number of rotatable bonds is 84. The van der Waals surface area contributed by atoms with Crippen molar-refractivity contribution in [2.24, 2.45) is 0 Å². The number of carbonyl (C=O) groups is 6. The number of aliphatic hydroxyl groups excluding tert-OH is 2. The second kappa shape index (κ2) is 76.3. The summed E-state index contributed by atoms with van der Waals surface area (Å²) in [4.78, 5) is 103. The van der Waals surface area contributed by atoms with Gasteiger partial charge in [0, 0.05) is 50.3 Å². The summed E-state index contributed by atoms with van der Waals surface area (Å²) in [6.07, 6.45) is 53.1. The summed E-state index contributed by atoms with van der Waals surface area (Å²) in [6, 6.07) is 1.39. The monoisotopic (exact) mass is 1700 g/mol. The van der Waals surface area contributed by atoms with E-state index in [9.17, 15) is 63.0 Å². The number of aliphatic hydroxyl groups is 2. The van der Waals surface area contributed by atoms with Crippen LogP contribution < -0.4 is 21.3 Å². The van der Waals surface area contributed by atoms with Crippen LogP contribution in [-0.2, 0) is 65.4 Å². The van der Waals surface area contributed by atoms with Gasteiger partial charge < -0.3 is 65.3 Å². The molecule has 4 amide bonds. The van der Waals surface area contributed by atoms with Crippen molar-refractivity contribution in [2.75, 3.05) is 65.9 Å². The number of nitrogens with one attached hydrogen (secondary N) is 4. The molecule has 1 aromatic carbocycles. The van der Waals surface area contributed by atoms with Gasteiger partial charge in [-0.25, -0.2) is 9.13 Å². The number of phosphoric ester groups is 2. The SMILES string of the molecule is CCCCCCC=CCCCC(=O)O[C@H](CCCCCCCCCCC)CC(=O)NC(COCC[C@H](O)CCCCCCC)COP(=O)(O)OCCNC(=O)c1cc(O)cc(C(=O)NCCOP(=O)(O)OCC(COCC[C@H](O)CCCCCCC)NC(=O)C[C@@H](CCCCCCCCCCC)OC(=O)CCCC=CCCCCCC)c1. The van der Waals surface area contributed by atoms with Gasteiger partial charge in [-0.15, -0.1) is 0 Å². The van der Waals surface area contributed by atoms with Gasteiger partial charge in [-0.2, -0.15) is 0 Å². The molecular formula is C90H164N4O21P2. The Kier molecular flexibility index (Phi) is 72.0. The lowest BCUT2D eigenvalue weighted by Crippen LogP contribution is -2.43. The molecule has 0 aromatic heterocycles. The maximum atomic E-state index is 13.9. The van der Waals surface area contributed by atoms with Crippen LogP contribution in [0.3, 0.4) is 0 Å². The van der Waals surface area contributed by atoms with Gasteiger partial charge in [0.15, 0.2) is 0 Å². The Balaban J connectivity index is 3.09. The number of ether oxygens (including phenoxy) is 4. The highest BCUT2D eigenvalue weighted by molar-refractivity contribution is 7.47. The van der Waals surface area contributed by atoms with E-state index in [1.807, 2.05) is 0 Å². The molecule has 25 nitrogen and oxygen atoms in total. The zero-order valence-corrected chi connectivity index (χ0v) is 75.3. The third-order valence-electron chi connectivity index (χ3n) is 20.4. The van der Waals surface area contributed by atoms with Gasteiger partial charge in [0.1, 0.15) is 18.0 Å². The van der Waals surface area contributed by atoms with Gasteiger partial charge >= 0.3 is 27.6 Å². The number of phosphoric acid groups is 2. The fraction of sp³-hybridized carbons (Fsp3) is 0.822. The highest BCUT2D eigenvalue weighted by Crippen LogP contribution is 2.44. The van der Waals surface area contributed by atoms with Crippen LogP contribution in [0.15, 0.2) is 42.5 Å². The number of hydrogen-bond donors (Lipinski definition) is 9. The van der Waals surface area contributed by atoms with Crippen molar-refractivity contribution in [3.63, 3.8) is 0 Å². The van der Waals surface area contributed by atoms with Crippen molar-refractivity contribution >= 4 is 51.2 Å². The largest absolute Gasteiger partial charge is 0.508 e. The molecular weight excluding hydrogens is 1530 g/mol. The van der Waals surface area contributed by atoms with Crippen LogP contribution in [0, 0.1) is 0 Å². The maximum Gasteiger partial charge on any atom is 0.472 e. The molecule has 0 aliphatic carbocycles. The minimum atomic E-state index is -4.86. The highest BCUT2D eigenvalue weighted by Gasteiger charge is 2.29. The van der Waals surface area contributed by atoms with E-state index in [1.54, 1.807) is 0 Å². The van der Waals surface area contributed by atoms with E-state index in [2.05, 4.69) is 87.1 Å². The Bertz CT molecular complexity index is 2620. The molecule has 0 spiro atoms. The first-order valence-electron chi connectivity index (χ1n) is 46.0. The molecule has 8 atom stereocenters. The van der Waals surface area contributed by atoms with Gasteiger partial charge in [0.2, 0.25) is 11.8 Å². The van der Waals surface area contributed by atoms with E-state index in [0.29, 0.717) is 51.4 Å². The number of phenols is 1. The molecule has 1 rings (SSSR count). The van der Waals surface area contributed by atoms with E-state index in [1.165, 1.54) is 96.0 Å². The first-order chi connectivity index (χ1) is 56.6. The number of carbonyl (C=O) groups excluding carboxylic acids is 6. The third-order valence-corrected chi connectivity index (χ3v) is 22.4. The lowest BCUT2D eigenvalue weighted by molar-refractivity contribution is -0.152. The molecule has 1 aromatic rings. The minimum absolute atomic E-state index is 0.133. The van der Waals surface area contributed by atoms with E-state index >= 15 is 0 Å². The molecule has 0 radical (unpaired) electrons. The van der Waals surface area contributed by atoms with Crippen molar-refractivity contribution < 1.29 is 100 Å². The molecule has 0 saturated carbocycles. The van der Waals surface area contributed by atoms with Crippen molar-refractivity contribution in [1.82, 2.24) is 21.3 Å². The lowest BCUT2D eigenvalue weighted by Gasteiger charge is -2.23. The second-order valence-corrected chi connectivity index (χ2v) is 34.6. The van der Waals surface area contributed by atoms with Crippen molar-refractivity contribution in [3.05, 3.63) is 53.6 Å². The Hall–Kier alpha value is -4.62. The zero-order chi connectivity index (χ0) is 85.9. The zero-order valence-electron chi connectivity index (χ0n) is 73.5. The number of amides is 4. The van der Waals surface area contributed by atoms with Crippen molar-refractivity contribution in [3.8, 4) is 5.75 Å². The Morgan fingerprint density at radius 3 is 1.00 bits per heavy atom. The topological polar surface area (TPSA) is 360 Å². The van der Waals surface area contributed by atoms with Crippen LogP contribution in [0.5, 0.6) is 5.75 Å². The molecule has 0 bridgehead atoms. The summed E-state index contributed by atoms with van der Waals surface area (Å²) in [5.41, 5.74) is -0.352. The summed E-state index contributed by atoms with van der Waals surface area (Å²) in [5.74, 6) is -3.81. The predicted molar refractivity (Wildman–Crippen MR) is 466 cm³/mol. The third kappa shape index (κ3) is 68.6. The predicted octanol–water partition coefficient (Wildman–Crippen LogP) is 20.2. The first kappa shape index (κ1) is 110. The Labute approximate surface area is 706 Å². The van der Waals surface area contributed by atoms with Crippen molar-refractivity contribution in [1.29, 1.82) is 0 Å². The van der Waals surface area contributed by atoms with Crippen LogP contribution in [0.4, 0.5) is 0 Å². The number of esters is 2. The molecule has 117 heavy (non-hydrogen) atoms. The first-order valence-corrected chi connectivity index (χ1v) is 49.0. The fourth-order valence-corrected chi connectivity index (χ4v) is 14.9. The number of unbranched alkanes of at least 4 members (excludes halogenated alkanes) is 34. The van der Waals surface area contributed by atoms with Gasteiger partial charge in [-0.1, -0.05) is 271 Å². The smallest absolute Gasteiger partial charge is 0.472 e. The summed E-state index contributed by atoms with van der Waals surface area (Å²) < 4.78 is 71.6. The number of allylic oxidation sites excluding steroid dienone is 4. The van der Waals surface area contributed by atoms with E-state index in [4.69, 9.17) is 37.0 Å². The summed E-state index contributed by atoms with van der Waals surface area (Å²) in [6.45, 7) is 10.1. The van der Waals surface area contributed by atoms with E-state index in [0.717, 1.165) is 179 Å². The number of phenolic OH excluding ortho intramolecular Hbond substituents is 1. The minimum Gasteiger partial charge on any atom is -0.508 e. The van der Waals surface area contributed by atoms with Crippen LogP contribution in [-0.4, -0.2) is 163 Å². The normalized spacial score (nSPS) is 14.3. The molecule has 0 saturated heterocycles. The lowest BCUT2D eigenvalue weighted by atomic mass is 10.0. The summed E-state index contributed by atoms with van der Waals surface area (Å²) >= 11 is 0. The van der Waals surface area contributed by atoms with Crippen LogP contribution in [0.1, 0.15) is 396 Å². The average Bonchev–Trinajstić information content (AvgIpc) is 0.840. The van der Waals surface area contributed by atoms with Gasteiger partial charge in [-0.3, -0.25) is 46.9 Å². The van der Waals surface area contributed by atoms with E-state index < -0.39 is 108 Å². The van der Waals surface area contributed by atoms with Gasteiger partial charge in [0.05, 0.1) is 76.8 Å². The molecule has 9 N–H and O–H groups in total. The van der Waals surface area contributed by atoms with Crippen molar-refractivity contribution in [2.45, 2.75) is 412 Å². The molecule has 0 aliphatic rings. The summed E-state index contributed by atoms with van der Waals surface area (Å²) in [7, 11) is -9.73. The molecule has 680 valence electrons. The quantitative estimate of drug-likeness (QED) is 0.0127. The van der Waals surface area contributed by atoms with Crippen LogP contribution >= 0.6 is 15.6 Å². The van der Waals surface area contributed by atoms with Gasteiger partial charge in [-0.05, 0) is 121 Å². The molecule has 27 heteroatoms. The Morgan fingerprint density at radius 2 is 0.667 bits per heavy atom. The molecule has 4 unspecified atom stereocenters. The van der Waals surface area contributed by atoms with Crippen LogP contribution in [0.2, 0.25) is 0 Å². The number of aromatic hydroxyl groups is 1. The average molecular weight is 1700 g/mol. The molecule has 0 aliphatic heterocycles. The maximum absolute atomic E-state index is 13.9. The number of benzene rings is 1. The fourth-order valence-electron chi connectivity index (χ4n) is 13.4. The van der Waals surface area contributed by atoms with Gasteiger partial charge in [0.25, 0.3) is 11.8 Å². The van der Waals surface area contributed by atoms with Crippen LogP contribution in [0.25, 0.3) is 0 Å². The number of hydrogen-bond acceptors (Lipinski definition) is 19. The molecule has 0 heterocycles. The standard InChI is InChI=1S/C90H164N4O21P2/c1-7-13-19-25-29-33-37-43-49-55-83(114-87(100)57-51-45-39-35-31-27-21-15-9-3)70-85(98)93-78(72-108-63-59-80(95)53-47-41-23-17-11-5)74-112-116(104,105)110-65-61-91-89(102)76-67-77(69-82(97)68-76)90(103)92-62-66-111-117(106,107)113-75-79(73-109-64-60-81(96)54-48-42-24-18-12-6)94-86(99)71-84(56-50-44-38-34-30-26-20-14-8-2)115-88(101)58-52-46-40-36-32-28-22-16-10-4/h35-36,39-40,67-69,78-81,83-84,95-97H,7-34,37-38,41-66,70-75H2,1-6H3,(H,91,102)(H,92,103)(H,93,98)(H,94,99)(H,104,105)(H,106,107)/t78?,79?,80-,81-,83-,84-/m1/s1. The van der Waals surface area contributed by atoms with E-state index in [-0.39, 0.29) is 88.3 Å². The molecule has 0 fully saturated rings. The Morgan fingerprint density at radius 1 is 0.368 bits per heavy atom. The summed E-state index contributed by atoms with van der Waals surface area (Å²) in [5, 5.41) is 42.6. The highest BCUT2D eigenvalue weighted by atomic mass is 31.2.